The summed E-state index contributed by atoms with van der Waals surface area (Å²) in [6.07, 6.45) is 0. The topological polar surface area (TPSA) is 52.6 Å². The molecular weight excluding hydrogens is 216 g/mol. The van der Waals surface area contributed by atoms with E-state index in [1.54, 1.807) is 0 Å². The average Bonchev–Trinajstić information content (AvgIpc) is 1.69. The molecule has 0 aromatic rings. The quantitative estimate of drug-likeness (QED) is 0.340. The van der Waals surface area contributed by atoms with Crippen molar-refractivity contribution in [3.05, 3.63) is 0 Å². The molecule has 0 aliphatic rings. The first kappa shape index (κ1) is 6.73. The van der Waals surface area contributed by atoms with Crippen molar-refractivity contribution < 1.29 is 15.8 Å². The molecule has 0 heterocycles. The van der Waals surface area contributed by atoms with Gasteiger partial charge in [0.2, 0.25) is 0 Å². The predicted octanol–water partition coefficient (Wildman–Crippen LogP) is -1.13. The molecule has 0 bridgehead atoms. The molecule has 0 amide bonds. The molecule has 7 heavy (non-hydrogen) atoms. The van der Waals surface area contributed by atoms with E-state index in [0.717, 1.165) is 0 Å². The summed E-state index contributed by atoms with van der Waals surface area (Å²) >= 11 is -1.26. The zero-order chi connectivity index (χ0) is 5.54. The van der Waals surface area contributed by atoms with Crippen molar-refractivity contribution in [1.29, 1.82) is 0 Å². The Balaban J connectivity index is 2.68. The normalized spacial score (nSPS) is 6.86. The summed E-state index contributed by atoms with van der Waals surface area (Å²) in [6.45, 7) is 0.511. The summed E-state index contributed by atoms with van der Waals surface area (Å²) in [6, 6.07) is 0. The fraction of sp³-hybridized carbons (Fsp3) is 0. The van der Waals surface area contributed by atoms with Crippen LogP contribution in [0.5, 0.6) is 0 Å². The molecule has 0 aromatic heterocycles. The van der Waals surface area contributed by atoms with Gasteiger partial charge < -0.3 is 0 Å². The van der Waals surface area contributed by atoms with Gasteiger partial charge in [-0.3, -0.25) is 0 Å². The Kier molecular flexibility index (Phi) is 5.51. The van der Waals surface area contributed by atoms with E-state index < -0.39 is 21.7 Å². The van der Waals surface area contributed by atoms with Crippen LogP contribution in [0.3, 0.4) is 0 Å². The third-order valence-electron chi connectivity index (χ3n) is 0.157. The molecular formula is C2H2O4Te. The van der Waals surface area contributed by atoms with Crippen LogP contribution in [0.25, 0.3) is 0 Å². The van der Waals surface area contributed by atoms with Gasteiger partial charge >= 0.3 is 50.5 Å². The van der Waals surface area contributed by atoms with Gasteiger partial charge in [0, 0.05) is 0 Å². The molecule has 4 nitrogen and oxygen atoms in total. The maximum absolute atomic E-state index is 9.29. The molecule has 0 aromatic carbocycles. The molecule has 0 unspecified atom stereocenters. The number of carbonyl (C=O) groups is 2. The molecule has 0 atom stereocenters. The fourth-order valence-electron chi connectivity index (χ4n) is 0.0548. The molecule has 0 N–H and O–H groups in total. The summed E-state index contributed by atoms with van der Waals surface area (Å²) < 4.78 is 8.14. The van der Waals surface area contributed by atoms with E-state index in [4.69, 9.17) is 0 Å². The van der Waals surface area contributed by atoms with Crippen LogP contribution in [0.1, 0.15) is 0 Å². The molecule has 0 spiro atoms. The van der Waals surface area contributed by atoms with E-state index in [2.05, 4.69) is 6.20 Å². The molecule has 0 aliphatic carbocycles. The van der Waals surface area contributed by atoms with Crippen LogP contribution in [0, 0.1) is 0 Å². The first-order valence-electron chi connectivity index (χ1n) is 1.28. The number of rotatable bonds is 4. The monoisotopic (exact) mass is 220 g/mol. The summed E-state index contributed by atoms with van der Waals surface area (Å²) in [4.78, 5) is 18.6. The van der Waals surface area contributed by atoms with Gasteiger partial charge in [-0.05, 0) is 0 Å². The van der Waals surface area contributed by atoms with E-state index >= 15 is 0 Å². The zero-order valence-corrected chi connectivity index (χ0v) is 5.53. The third kappa shape index (κ3) is 5.73. The summed E-state index contributed by atoms with van der Waals surface area (Å²) in [5.74, 6) is 0. The van der Waals surface area contributed by atoms with Crippen LogP contribution in [0.4, 0.5) is 0 Å². The number of carbonyl (C=O) groups excluding carboxylic acids is 2. The predicted molar refractivity (Wildman–Crippen MR) is 20.1 cm³/mol. The van der Waals surface area contributed by atoms with Gasteiger partial charge in [-0.1, -0.05) is 0 Å². The van der Waals surface area contributed by atoms with Gasteiger partial charge in [0.25, 0.3) is 0 Å². The van der Waals surface area contributed by atoms with Crippen molar-refractivity contribution in [2.75, 3.05) is 0 Å². The molecule has 0 saturated carbocycles. The fourth-order valence-corrected chi connectivity index (χ4v) is 0.367. The molecule has 0 radical (unpaired) electrons. The van der Waals surface area contributed by atoms with Crippen LogP contribution in [-0.2, 0) is 15.8 Å². The average molecular weight is 218 g/mol. The second-order valence-electron chi connectivity index (χ2n) is 0.453. The SMILES string of the molecule is O=CO[Te]OC=O. The molecule has 0 aliphatic heterocycles. The van der Waals surface area contributed by atoms with Crippen molar-refractivity contribution in [2.45, 2.75) is 0 Å². The minimum absolute atomic E-state index is 0.256. The number of hydrogen-bond donors (Lipinski definition) is 0. The number of hydrogen-bond acceptors (Lipinski definition) is 4. The van der Waals surface area contributed by atoms with Crippen LogP contribution < -0.4 is 0 Å². The van der Waals surface area contributed by atoms with Gasteiger partial charge in [-0.2, -0.15) is 0 Å². The Labute approximate surface area is 50.9 Å². The second kappa shape index (κ2) is 5.73. The van der Waals surface area contributed by atoms with Gasteiger partial charge in [0.1, 0.15) is 0 Å². The minimum atomic E-state index is -1.26. The third-order valence-corrected chi connectivity index (χ3v) is 1.05. The van der Waals surface area contributed by atoms with Gasteiger partial charge in [0.15, 0.2) is 0 Å². The molecule has 5 heteroatoms. The van der Waals surface area contributed by atoms with E-state index in [0.29, 0.717) is 0 Å². The first-order valence-corrected chi connectivity index (χ1v) is 3.18. The molecule has 0 rings (SSSR count). The zero-order valence-electron chi connectivity index (χ0n) is 3.20. The van der Waals surface area contributed by atoms with Crippen molar-refractivity contribution in [2.24, 2.45) is 0 Å². The summed E-state index contributed by atoms with van der Waals surface area (Å²) in [5, 5.41) is 0. The van der Waals surface area contributed by atoms with Crippen LogP contribution in [0.15, 0.2) is 0 Å². The molecule has 0 saturated heterocycles. The Morgan fingerprint density at radius 1 is 1.14 bits per heavy atom. The van der Waals surface area contributed by atoms with Crippen LogP contribution >= 0.6 is 0 Å². The molecule has 0 fully saturated rings. The van der Waals surface area contributed by atoms with Crippen LogP contribution in [0.2, 0.25) is 0 Å². The standard InChI is InChI=1S/C2H2O4Te/c3-1-5-7-6-2-4/h1-2H. The van der Waals surface area contributed by atoms with Crippen molar-refractivity contribution in [3.63, 3.8) is 0 Å². The van der Waals surface area contributed by atoms with Crippen molar-refractivity contribution in [1.82, 2.24) is 0 Å². The van der Waals surface area contributed by atoms with Gasteiger partial charge in [0.05, 0.1) is 0 Å². The van der Waals surface area contributed by atoms with E-state index in [1.807, 2.05) is 0 Å². The van der Waals surface area contributed by atoms with Gasteiger partial charge in [-0.25, -0.2) is 0 Å². The van der Waals surface area contributed by atoms with Crippen molar-refractivity contribution >= 4 is 34.7 Å². The van der Waals surface area contributed by atoms with E-state index in [1.165, 1.54) is 0 Å². The molecule has 40 valence electrons. The summed E-state index contributed by atoms with van der Waals surface area (Å²) in [5.41, 5.74) is 0. The van der Waals surface area contributed by atoms with Crippen molar-refractivity contribution in [3.8, 4) is 0 Å². The Bertz CT molecular complexity index is 54.7. The van der Waals surface area contributed by atoms with E-state index in [-0.39, 0.29) is 12.9 Å². The van der Waals surface area contributed by atoms with E-state index in [9.17, 15) is 9.59 Å². The Hall–Kier alpha value is -0.270. The first-order chi connectivity index (χ1) is 3.41. The van der Waals surface area contributed by atoms with Crippen LogP contribution in [-0.4, -0.2) is 34.7 Å². The summed E-state index contributed by atoms with van der Waals surface area (Å²) in [7, 11) is 0. The van der Waals surface area contributed by atoms with Gasteiger partial charge in [-0.15, -0.1) is 0 Å². The maximum atomic E-state index is 9.29. The Morgan fingerprint density at radius 2 is 1.57 bits per heavy atom. The second-order valence-corrected chi connectivity index (χ2v) is 1.94. The Morgan fingerprint density at radius 3 is 1.86 bits per heavy atom.